The number of rotatable bonds is 8. The van der Waals surface area contributed by atoms with E-state index in [4.69, 9.17) is 39.5 Å². The van der Waals surface area contributed by atoms with E-state index in [1.165, 1.54) is 12.1 Å². The maximum atomic E-state index is 12.4. The van der Waals surface area contributed by atoms with Gasteiger partial charge in [-0.25, -0.2) is 8.42 Å². The molecule has 10 heteroatoms. The molecule has 0 radical (unpaired) electrons. The molecule has 6 nitrogen and oxygen atoms in total. The van der Waals surface area contributed by atoms with Crippen molar-refractivity contribution in [3.8, 4) is 5.75 Å². The highest BCUT2D eigenvalue weighted by molar-refractivity contribution is 7.92. The third kappa shape index (κ3) is 6.96. The number of nitrogens with zero attached hydrogens (tertiary/aromatic N) is 1. The standard InChI is InChI=1S/C19H21Cl3N2O4S/c1-12-4-6-14(7-5-12)28-11-13(2)23-19(25)10-24(29(3,26)27)18-9-16(21)15(20)8-17(18)22/h4-9,13H,10-11H2,1-3H3,(H,23,25). The van der Waals surface area contributed by atoms with Crippen LogP contribution in [0.1, 0.15) is 12.5 Å². The fourth-order valence-electron chi connectivity index (χ4n) is 2.43. The number of hydrogen-bond donors (Lipinski definition) is 1. The van der Waals surface area contributed by atoms with Crippen molar-refractivity contribution in [1.29, 1.82) is 0 Å². The SMILES string of the molecule is Cc1ccc(OCC(C)NC(=O)CN(c2cc(Cl)c(Cl)cc2Cl)S(C)(=O)=O)cc1. The molecule has 158 valence electrons. The Labute approximate surface area is 185 Å². The monoisotopic (exact) mass is 478 g/mol. The van der Waals surface area contributed by atoms with Gasteiger partial charge in [-0.15, -0.1) is 0 Å². The topological polar surface area (TPSA) is 75.7 Å². The van der Waals surface area contributed by atoms with Crippen LogP contribution in [0.2, 0.25) is 15.1 Å². The predicted molar refractivity (Wildman–Crippen MR) is 118 cm³/mol. The smallest absolute Gasteiger partial charge is 0.241 e. The van der Waals surface area contributed by atoms with Crippen molar-refractivity contribution < 1.29 is 17.9 Å². The van der Waals surface area contributed by atoms with Crippen LogP contribution in [0.5, 0.6) is 5.75 Å². The minimum Gasteiger partial charge on any atom is -0.491 e. The average molecular weight is 480 g/mol. The van der Waals surface area contributed by atoms with Crippen LogP contribution in [-0.4, -0.2) is 39.8 Å². The molecule has 2 aromatic rings. The number of anilines is 1. The first-order chi connectivity index (χ1) is 13.5. The van der Waals surface area contributed by atoms with E-state index in [1.807, 2.05) is 31.2 Å². The molecule has 0 aliphatic carbocycles. The molecule has 2 aromatic carbocycles. The lowest BCUT2D eigenvalue weighted by atomic mass is 10.2. The Kier molecular flexibility index (Phi) is 8.05. The lowest BCUT2D eigenvalue weighted by Gasteiger charge is -2.24. The van der Waals surface area contributed by atoms with E-state index in [0.717, 1.165) is 16.1 Å². The molecule has 0 saturated carbocycles. The van der Waals surface area contributed by atoms with E-state index in [0.29, 0.717) is 5.75 Å². The Morgan fingerprint density at radius 3 is 2.28 bits per heavy atom. The normalized spacial score (nSPS) is 12.3. The highest BCUT2D eigenvalue weighted by Gasteiger charge is 2.24. The lowest BCUT2D eigenvalue weighted by Crippen LogP contribution is -2.45. The van der Waals surface area contributed by atoms with Crippen molar-refractivity contribution in [3.63, 3.8) is 0 Å². The third-order valence-electron chi connectivity index (χ3n) is 3.87. The Bertz CT molecular complexity index is 982. The highest BCUT2D eigenvalue weighted by atomic mass is 35.5. The molecule has 0 saturated heterocycles. The molecular weight excluding hydrogens is 459 g/mol. The van der Waals surface area contributed by atoms with Gasteiger partial charge in [0.2, 0.25) is 15.9 Å². The van der Waals surface area contributed by atoms with Gasteiger partial charge in [-0.3, -0.25) is 9.10 Å². The molecule has 1 atom stereocenters. The predicted octanol–water partition coefficient (Wildman–Crippen LogP) is 4.30. The lowest BCUT2D eigenvalue weighted by molar-refractivity contribution is -0.120. The van der Waals surface area contributed by atoms with Gasteiger partial charge in [0, 0.05) is 0 Å². The molecule has 0 heterocycles. The fraction of sp³-hybridized carbons (Fsp3) is 0.316. The summed E-state index contributed by atoms with van der Waals surface area (Å²) < 4.78 is 31.0. The number of aryl methyl sites for hydroxylation is 1. The second kappa shape index (κ2) is 9.89. The van der Waals surface area contributed by atoms with E-state index in [1.54, 1.807) is 6.92 Å². The zero-order valence-corrected chi connectivity index (χ0v) is 19.2. The van der Waals surface area contributed by atoms with Gasteiger partial charge in [-0.05, 0) is 38.1 Å². The second-order valence-electron chi connectivity index (χ2n) is 6.58. The number of benzene rings is 2. The van der Waals surface area contributed by atoms with Crippen molar-refractivity contribution in [2.45, 2.75) is 19.9 Å². The summed E-state index contributed by atoms with van der Waals surface area (Å²) in [4.78, 5) is 12.4. The number of ether oxygens (including phenoxy) is 1. The Morgan fingerprint density at radius 1 is 1.10 bits per heavy atom. The second-order valence-corrected chi connectivity index (χ2v) is 9.71. The van der Waals surface area contributed by atoms with E-state index in [2.05, 4.69) is 5.32 Å². The van der Waals surface area contributed by atoms with E-state index in [-0.39, 0.29) is 33.4 Å². The molecule has 0 fully saturated rings. The Morgan fingerprint density at radius 2 is 1.69 bits per heavy atom. The largest absolute Gasteiger partial charge is 0.491 e. The highest BCUT2D eigenvalue weighted by Crippen LogP contribution is 2.35. The maximum absolute atomic E-state index is 12.4. The van der Waals surface area contributed by atoms with E-state index >= 15 is 0 Å². The first-order valence-corrected chi connectivity index (χ1v) is 11.6. The van der Waals surface area contributed by atoms with Crippen LogP contribution in [0.25, 0.3) is 0 Å². The number of amides is 1. The number of carbonyl (C=O) groups is 1. The van der Waals surface area contributed by atoms with Gasteiger partial charge in [0.15, 0.2) is 0 Å². The molecule has 1 amide bonds. The molecule has 29 heavy (non-hydrogen) atoms. The van der Waals surface area contributed by atoms with Crippen molar-refractivity contribution in [3.05, 3.63) is 57.0 Å². The first-order valence-electron chi connectivity index (χ1n) is 8.58. The quantitative estimate of drug-likeness (QED) is 0.573. The zero-order chi connectivity index (χ0) is 21.8. The maximum Gasteiger partial charge on any atom is 0.241 e. The number of carbonyl (C=O) groups excluding carboxylic acids is 1. The Balaban J connectivity index is 2.05. The van der Waals surface area contributed by atoms with Gasteiger partial charge >= 0.3 is 0 Å². The minimum absolute atomic E-state index is 0.0633. The molecule has 1 N–H and O–H groups in total. The molecule has 0 spiro atoms. The summed E-state index contributed by atoms with van der Waals surface area (Å²) in [5.74, 6) is 0.162. The summed E-state index contributed by atoms with van der Waals surface area (Å²) in [6.45, 7) is 3.48. The molecule has 0 bridgehead atoms. The van der Waals surface area contributed by atoms with Crippen LogP contribution in [-0.2, 0) is 14.8 Å². The Hall–Kier alpha value is -1.67. The molecule has 0 aliphatic heterocycles. The molecule has 0 aliphatic rings. The average Bonchev–Trinajstić information content (AvgIpc) is 2.61. The molecular formula is C19H21Cl3N2O4S. The first kappa shape index (κ1) is 23.6. The van der Waals surface area contributed by atoms with Crippen LogP contribution in [0.4, 0.5) is 5.69 Å². The van der Waals surface area contributed by atoms with E-state index < -0.39 is 22.5 Å². The van der Waals surface area contributed by atoms with Gasteiger partial charge in [0.25, 0.3) is 0 Å². The van der Waals surface area contributed by atoms with Crippen LogP contribution >= 0.6 is 34.8 Å². The summed E-state index contributed by atoms with van der Waals surface area (Å²) in [6, 6.07) is 9.80. The molecule has 1 unspecified atom stereocenters. The van der Waals surface area contributed by atoms with Gasteiger partial charge in [0.05, 0.1) is 33.1 Å². The molecule has 0 aromatic heterocycles. The van der Waals surface area contributed by atoms with Gasteiger partial charge < -0.3 is 10.1 Å². The fourth-order valence-corrected chi connectivity index (χ4v) is 3.99. The number of sulfonamides is 1. The zero-order valence-electron chi connectivity index (χ0n) is 16.1. The van der Waals surface area contributed by atoms with Crippen molar-refractivity contribution in [2.75, 3.05) is 23.7 Å². The summed E-state index contributed by atoms with van der Waals surface area (Å²) in [5, 5.41) is 3.08. The number of nitrogens with one attached hydrogen (secondary N) is 1. The summed E-state index contributed by atoms with van der Waals surface area (Å²) in [5.41, 5.74) is 1.18. The molecule has 2 rings (SSSR count). The number of halogens is 3. The summed E-state index contributed by atoms with van der Waals surface area (Å²) in [6.07, 6.45) is 0.975. The van der Waals surface area contributed by atoms with Crippen molar-refractivity contribution in [2.24, 2.45) is 0 Å². The third-order valence-corrected chi connectivity index (χ3v) is 6.03. The van der Waals surface area contributed by atoms with Crippen LogP contribution in [0.15, 0.2) is 36.4 Å². The van der Waals surface area contributed by atoms with Crippen LogP contribution in [0, 0.1) is 6.92 Å². The summed E-state index contributed by atoms with van der Waals surface area (Å²) in [7, 11) is -3.81. The van der Waals surface area contributed by atoms with Gasteiger partial charge in [-0.2, -0.15) is 0 Å². The van der Waals surface area contributed by atoms with Gasteiger partial charge in [0.1, 0.15) is 18.9 Å². The van der Waals surface area contributed by atoms with Crippen molar-refractivity contribution >= 4 is 56.4 Å². The van der Waals surface area contributed by atoms with Crippen molar-refractivity contribution in [1.82, 2.24) is 5.32 Å². The van der Waals surface area contributed by atoms with Crippen LogP contribution < -0.4 is 14.4 Å². The van der Waals surface area contributed by atoms with E-state index in [9.17, 15) is 13.2 Å². The van der Waals surface area contributed by atoms with Gasteiger partial charge in [-0.1, -0.05) is 52.5 Å². The number of hydrogen-bond acceptors (Lipinski definition) is 4. The minimum atomic E-state index is -3.81. The van der Waals surface area contributed by atoms with Crippen LogP contribution in [0.3, 0.4) is 0 Å². The summed E-state index contributed by atoms with van der Waals surface area (Å²) >= 11 is 18.0.